The summed E-state index contributed by atoms with van der Waals surface area (Å²) in [4.78, 5) is 13.5. The van der Waals surface area contributed by atoms with E-state index in [4.69, 9.17) is 4.74 Å². The van der Waals surface area contributed by atoms with Gasteiger partial charge in [-0.2, -0.15) is 0 Å². The van der Waals surface area contributed by atoms with Gasteiger partial charge in [0.25, 0.3) is 0 Å². The molecule has 3 heteroatoms. The molecule has 68 valence electrons. The first-order chi connectivity index (χ1) is 5.83. The minimum Gasteiger partial charge on any atom is -0.468 e. The van der Waals surface area contributed by atoms with Crippen LogP contribution in [0.25, 0.3) is 0 Å². The predicted octanol–water partition coefficient (Wildman–Crippen LogP) is 0.786. The summed E-state index contributed by atoms with van der Waals surface area (Å²) in [6, 6.07) is 0.767. The number of likely N-dealkylation sites (tertiary alicyclic amines) is 1. The van der Waals surface area contributed by atoms with Gasteiger partial charge in [0.05, 0.1) is 7.11 Å². The van der Waals surface area contributed by atoms with Crippen LogP contribution >= 0.6 is 0 Å². The van der Waals surface area contributed by atoms with Gasteiger partial charge in [0.2, 0.25) is 0 Å². The van der Waals surface area contributed by atoms with Gasteiger partial charge in [-0.25, -0.2) is 0 Å². The van der Waals surface area contributed by atoms with E-state index in [1.807, 2.05) is 0 Å². The van der Waals surface area contributed by atoms with E-state index in [0.717, 1.165) is 13.0 Å². The Bertz CT molecular complexity index is 189. The van der Waals surface area contributed by atoms with Crippen molar-refractivity contribution in [2.75, 3.05) is 13.7 Å². The fourth-order valence-electron chi connectivity index (χ4n) is 1.95. The standard InChI is InChI=1S/C9H15NO2/c1-12-9(11)8-5-6-10(8)7-3-2-4-7/h7-8H,2-6H2,1H3. The quantitative estimate of drug-likeness (QED) is 0.572. The number of rotatable bonds is 2. The Morgan fingerprint density at radius 1 is 1.42 bits per heavy atom. The molecule has 12 heavy (non-hydrogen) atoms. The maximum absolute atomic E-state index is 11.2. The summed E-state index contributed by atoms with van der Waals surface area (Å²) in [6.45, 7) is 1.09. The zero-order chi connectivity index (χ0) is 8.55. The lowest BCUT2D eigenvalue weighted by atomic mass is 9.86. The van der Waals surface area contributed by atoms with Crippen LogP contribution < -0.4 is 0 Å². The average molecular weight is 169 g/mol. The summed E-state index contributed by atoms with van der Waals surface area (Å²) in [6.07, 6.45) is 4.86. The fourth-order valence-corrected chi connectivity index (χ4v) is 1.95. The van der Waals surface area contributed by atoms with E-state index in [1.165, 1.54) is 26.4 Å². The van der Waals surface area contributed by atoms with Gasteiger partial charge >= 0.3 is 5.97 Å². The van der Waals surface area contributed by atoms with Crippen molar-refractivity contribution in [2.24, 2.45) is 0 Å². The molecule has 2 rings (SSSR count). The number of methoxy groups -OCH3 is 1. The van der Waals surface area contributed by atoms with E-state index >= 15 is 0 Å². The van der Waals surface area contributed by atoms with Crippen LogP contribution in [0.3, 0.4) is 0 Å². The second-order valence-electron chi connectivity index (χ2n) is 3.65. The first-order valence-corrected chi connectivity index (χ1v) is 4.66. The van der Waals surface area contributed by atoms with Crippen molar-refractivity contribution in [2.45, 2.75) is 37.8 Å². The van der Waals surface area contributed by atoms with Crippen molar-refractivity contribution in [3.8, 4) is 0 Å². The number of ether oxygens (including phenoxy) is 1. The first-order valence-electron chi connectivity index (χ1n) is 4.66. The Morgan fingerprint density at radius 2 is 2.17 bits per heavy atom. The molecule has 1 saturated heterocycles. The molecule has 1 saturated carbocycles. The molecule has 0 spiro atoms. The summed E-state index contributed by atoms with van der Waals surface area (Å²) in [7, 11) is 1.47. The van der Waals surface area contributed by atoms with Crippen molar-refractivity contribution in [3.63, 3.8) is 0 Å². The first kappa shape index (κ1) is 8.05. The van der Waals surface area contributed by atoms with Gasteiger partial charge in [-0.05, 0) is 19.3 Å². The van der Waals surface area contributed by atoms with Crippen molar-refractivity contribution in [1.29, 1.82) is 0 Å². The third-order valence-electron chi connectivity index (χ3n) is 3.08. The molecule has 0 aromatic carbocycles. The van der Waals surface area contributed by atoms with Crippen LogP contribution in [0.2, 0.25) is 0 Å². The van der Waals surface area contributed by atoms with Crippen LogP contribution in [-0.2, 0) is 9.53 Å². The highest BCUT2D eigenvalue weighted by Gasteiger charge is 2.41. The number of carbonyl (C=O) groups is 1. The SMILES string of the molecule is COC(=O)C1CCN1C1CCC1. The lowest BCUT2D eigenvalue weighted by molar-refractivity contribution is -0.155. The Balaban J connectivity index is 1.87. The molecule has 0 N–H and O–H groups in total. The highest BCUT2D eigenvalue weighted by Crippen LogP contribution is 2.32. The Morgan fingerprint density at radius 3 is 2.50 bits per heavy atom. The third kappa shape index (κ3) is 1.12. The molecule has 1 atom stereocenters. The molecule has 0 amide bonds. The van der Waals surface area contributed by atoms with Crippen molar-refractivity contribution in [3.05, 3.63) is 0 Å². The van der Waals surface area contributed by atoms with Gasteiger partial charge in [-0.15, -0.1) is 0 Å². The van der Waals surface area contributed by atoms with Crippen LogP contribution in [0.15, 0.2) is 0 Å². The summed E-state index contributed by atoms with van der Waals surface area (Å²) in [5.74, 6) is -0.0480. The van der Waals surface area contributed by atoms with E-state index in [1.54, 1.807) is 0 Å². The van der Waals surface area contributed by atoms with Crippen LogP contribution in [-0.4, -0.2) is 36.6 Å². The molecular weight excluding hydrogens is 154 g/mol. The second kappa shape index (κ2) is 3.05. The number of hydrogen-bond acceptors (Lipinski definition) is 3. The molecule has 0 aromatic rings. The fraction of sp³-hybridized carbons (Fsp3) is 0.889. The van der Waals surface area contributed by atoms with Gasteiger partial charge in [0, 0.05) is 12.6 Å². The Labute approximate surface area is 72.7 Å². The van der Waals surface area contributed by atoms with Crippen LogP contribution in [0.1, 0.15) is 25.7 Å². The lowest BCUT2D eigenvalue weighted by Gasteiger charge is -2.47. The predicted molar refractivity (Wildman–Crippen MR) is 44.8 cm³/mol. The summed E-state index contributed by atoms with van der Waals surface area (Å²) in [5.41, 5.74) is 0. The second-order valence-corrected chi connectivity index (χ2v) is 3.65. The molecule has 2 fully saturated rings. The molecule has 0 aromatic heterocycles. The van der Waals surface area contributed by atoms with E-state index in [9.17, 15) is 4.79 Å². The zero-order valence-corrected chi connectivity index (χ0v) is 7.45. The van der Waals surface area contributed by atoms with Crippen LogP contribution in [0.4, 0.5) is 0 Å². The molecular formula is C9H15NO2. The third-order valence-corrected chi connectivity index (χ3v) is 3.08. The smallest absolute Gasteiger partial charge is 0.323 e. The minimum absolute atomic E-state index is 0.0480. The number of esters is 1. The Hall–Kier alpha value is -0.570. The molecule has 1 aliphatic heterocycles. The number of hydrogen-bond donors (Lipinski definition) is 0. The summed E-state index contributed by atoms with van der Waals surface area (Å²) in [5, 5.41) is 0. The largest absolute Gasteiger partial charge is 0.468 e. The van der Waals surface area contributed by atoms with E-state index in [2.05, 4.69) is 4.90 Å². The van der Waals surface area contributed by atoms with Gasteiger partial charge in [0.15, 0.2) is 0 Å². The molecule has 1 unspecified atom stereocenters. The molecule has 1 heterocycles. The van der Waals surface area contributed by atoms with Gasteiger partial charge in [-0.3, -0.25) is 9.69 Å². The van der Waals surface area contributed by atoms with E-state index in [-0.39, 0.29) is 12.0 Å². The molecule has 3 nitrogen and oxygen atoms in total. The van der Waals surface area contributed by atoms with Gasteiger partial charge in [0.1, 0.15) is 6.04 Å². The van der Waals surface area contributed by atoms with Gasteiger partial charge < -0.3 is 4.74 Å². The average Bonchev–Trinajstić information content (AvgIpc) is 1.93. The van der Waals surface area contributed by atoms with Crippen LogP contribution in [0, 0.1) is 0 Å². The van der Waals surface area contributed by atoms with Crippen molar-refractivity contribution < 1.29 is 9.53 Å². The van der Waals surface area contributed by atoms with Gasteiger partial charge in [-0.1, -0.05) is 6.42 Å². The summed E-state index contributed by atoms with van der Waals surface area (Å²) < 4.78 is 4.72. The summed E-state index contributed by atoms with van der Waals surface area (Å²) >= 11 is 0. The number of nitrogens with zero attached hydrogens (tertiary/aromatic N) is 1. The van der Waals surface area contributed by atoms with Crippen molar-refractivity contribution >= 4 is 5.97 Å². The minimum atomic E-state index is -0.0480. The zero-order valence-electron chi connectivity index (χ0n) is 7.45. The van der Waals surface area contributed by atoms with Crippen molar-refractivity contribution in [1.82, 2.24) is 4.90 Å². The molecule has 2 aliphatic rings. The monoisotopic (exact) mass is 169 g/mol. The van der Waals surface area contributed by atoms with E-state index < -0.39 is 0 Å². The number of carbonyl (C=O) groups excluding carboxylic acids is 1. The van der Waals surface area contributed by atoms with E-state index in [0.29, 0.717) is 6.04 Å². The normalized spacial score (nSPS) is 30.6. The Kier molecular flexibility index (Phi) is 2.05. The maximum Gasteiger partial charge on any atom is 0.323 e. The topological polar surface area (TPSA) is 29.5 Å². The lowest BCUT2D eigenvalue weighted by Crippen LogP contribution is -2.58. The molecule has 0 bridgehead atoms. The highest BCUT2D eigenvalue weighted by molar-refractivity contribution is 5.76. The molecule has 0 radical (unpaired) electrons. The highest BCUT2D eigenvalue weighted by atomic mass is 16.5. The van der Waals surface area contributed by atoms with Crippen LogP contribution in [0.5, 0.6) is 0 Å². The maximum atomic E-state index is 11.2. The molecule has 1 aliphatic carbocycles.